The highest BCUT2D eigenvalue weighted by Gasteiger charge is 2.26. The van der Waals surface area contributed by atoms with Crippen LogP contribution in [0.4, 0.5) is 0 Å². The number of hydrogen-bond donors (Lipinski definition) is 1. The van der Waals surface area contributed by atoms with Crippen LogP contribution in [0, 0.1) is 5.92 Å². The van der Waals surface area contributed by atoms with Gasteiger partial charge in [-0.25, -0.2) is 4.79 Å². The Morgan fingerprint density at radius 1 is 1.36 bits per heavy atom. The van der Waals surface area contributed by atoms with Crippen LogP contribution in [0.3, 0.4) is 0 Å². The Bertz CT molecular complexity index is 550. The van der Waals surface area contributed by atoms with Crippen molar-refractivity contribution in [3.05, 3.63) is 28.5 Å². The highest BCUT2D eigenvalue weighted by Crippen LogP contribution is 2.23. The lowest BCUT2D eigenvalue weighted by Crippen LogP contribution is -2.46. The Morgan fingerprint density at radius 2 is 2.09 bits per heavy atom. The Morgan fingerprint density at radius 3 is 2.77 bits per heavy atom. The number of amides is 1. The van der Waals surface area contributed by atoms with Crippen LogP contribution in [0.1, 0.15) is 49.9 Å². The summed E-state index contributed by atoms with van der Waals surface area (Å²) in [6.07, 6.45) is 6.64. The first-order valence-corrected chi connectivity index (χ1v) is 8.38. The van der Waals surface area contributed by atoms with Crippen molar-refractivity contribution < 1.29 is 14.3 Å². The van der Waals surface area contributed by atoms with Crippen molar-refractivity contribution in [1.29, 1.82) is 0 Å². The number of rotatable bonds is 4. The van der Waals surface area contributed by atoms with Gasteiger partial charge in [0.25, 0.3) is 5.91 Å². The third kappa shape index (κ3) is 4.53. The molecule has 120 valence electrons. The summed E-state index contributed by atoms with van der Waals surface area (Å²) < 4.78 is 5.91. The van der Waals surface area contributed by atoms with Gasteiger partial charge in [0.05, 0.1) is 5.56 Å². The number of carbonyl (C=O) groups excluding carboxylic acids is 2. The summed E-state index contributed by atoms with van der Waals surface area (Å²) in [4.78, 5) is 28.1. The molecule has 6 heteroatoms. The van der Waals surface area contributed by atoms with Crippen molar-refractivity contribution in [2.45, 2.75) is 51.7 Å². The minimum Gasteiger partial charge on any atom is -0.449 e. The third-order valence-corrected chi connectivity index (χ3v) is 4.47. The molecule has 5 nitrogen and oxygen atoms in total. The molecule has 3 atom stereocenters. The standard InChI is InChI=1S/C16H21BrN2O3/c1-10-5-3-4-6-14(10)19-15(20)11(2)22-16(21)12-7-13(17)9-18-8-12/h7-11,14H,3-6H2,1-2H3,(H,19,20)/t10-,11+,14+/m0/s1. The van der Waals surface area contributed by atoms with E-state index in [1.807, 2.05) is 0 Å². The van der Waals surface area contributed by atoms with E-state index in [0.29, 0.717) is 16.0 Å². The average molecular weight is 369 g/mol. The molecule has 1 fully saturated rings. The SMILES string of the molecule is C[C@@H](OC(=O)c1cncc(Br)c1)C(=O)N[C@@H]1CCCC[C@@H]1C. The summed E-state index contributed by atoms with van der Waals surface area (Å²) in [6, 6.07) is 1.79. The molecule has 0 spiro atoms. The van der Waals surface area contributed by atoms with E-state index < -0.39 is 12.1 Å². The summed E-state index contributed by atoms with van der Waals surface area (Å²) in [5.74, 6) is -0.321. The molecular formula is C16H21BrN2O3. The molecule has 0 bridgehead atoms. The Hall–Kier alpha value is -1.43. The number of nitrogens with one attached hydrogen (secondary N) is 1. The largest absolute Gasteiger partial charge is 0.449 e. The summed E-state index contributed by atoms with van der Waals surface area (Å²) >= 11 is 3.25. The number of pyridine rings is 1. The van der Waals surface area contributed by atoms with E-state index in [4.69, 9.17) is 4.74 Å². The van der Waals surface area contributed by atoms with Gasteiger partial charge < -0.3 is 10.1 Å². The molecule has 0 aromatic carbocycles. The van der Waals surface area contributed by atoms with E-state index in [1.165, 1.54) is 12.6 Å². The molecule has 1 aromatic rings. The first-order valence-electron chi connectivity index (χ1n) is 7.59. The molecular weight excluding hydrogens is 348 g/mol. The zero-order valence-corrected chi connectivity index (χ0v) is 14.4. The lowest BCUT2D eigenvalue weighted by atomic mass is 9.86. The van der Waals surface area contributed by atoms with Gasteiger partial charge in [-0.15, -0.1) is 0 Å². The van der Waals surface area contributed by atoms with Crippen LogP contribution in [0.5, 0.6) is 0 Å². The minimum atomic E-state index is -0.819. The lowest BCUT2D eigenvalue weighted by Gasteiger charge is -2.30. The summed E-state index contributed by atoms with van der Waals surface area (Å²) in [5.41, 5.74) is 0.319. The van der Waals surface area contributed by atoms with Gasteiger partial charge in [0.1, 0.15) is 0 Å². The molecule has 0 unspecified atom stereocenters. The fourth-order valence-corrected chi connectivity index (χ4v) is 3.00. The van der Waals surface area contributed by atoms with Crippen LogP contribution in [0.15, 0.2) is 22.9 Å². The van der Waals surface area contributed by atoms with Crippen LogP contribution in [0.25, 0.3) is 0 Å². The molecule has 0 radical (unpaired) electrons. The van der Waals surface area contributed by atoms with Crippen molar-refractivity contribution >= 4 is 27.8 Å². The molecule has 1 aromatic heterocycles. The predicted molar refractivity (Wildman–Crippen MR) is 86.4 cm³/mol. The van der Waals surface area contributed by atoms with Crippen molar-refractivity contribution in [2.24, 2.45) is 5.92 Å². The third-order valence-electron chi connectivity index (χ3n) is 4.03. The second-order valence-electron chi connectivity index (χ2n) is 5.82. The number of aromatic nitrogens is 1. The van der Waals surface area contributed by atoms with Crippen molar-refractivity contribution in [3.8, 4) is 0 Å². The number of carbonyl (C=O) groups is 2. The highest BCUT2D eigenvalue weighted by molar-refractivity contribution is 9.10. The Balaban J connectivity index is 1.89. The van der Waals surface area contributed by atoms with Crippen molar-refractivity contribution in [3.63, 3.8) is 0 Å². The van der Waals surface area contributed by atoms with Crippen molar-refractivity contribution in [1.82, 2.24) is 10.3 Å². The zero-order valence-electron chi connectivity index (χ0n) is 12.8. The quantitative estimate of drug-likeness (QED) is 0.829. The van der Waals surface area contributed by atoms with Gasteiger partial charge in [0, 0.05) is 22.9 Å². The second-order valence-corrected chi connectivity index (χ2v) is 6.73. The second kappa shape index (κ2) is 7.72. The molecule has 2 rings (SSSR count). The molecule has 0 aliphatic heterocycles. The fraction of sp³-hybridized carbons (Fsp3) is 0.562. The van der Waals surface area contributed by atoms with Gasteiger partial charge in [-0.2, -0.15) is 0 Å². The zero-order chi connectivity index (χ0) is 16.1. The lowest BCUT2D eigenvalue weighted by molar-refractivity contribution is -0.130. The Kier molecular flexibility index (Phi) is 5.94. The van der Waals surface area contributed by atoms with Gasteiger partial charge >= 0.3 is 5.97 Å². The van der Waals surface area contributed by atoms with E-state index >= 15 is 0 Å². The van der Waals surface area contributed by atoms with Crippen LogP contribution in [-0.4, -0.2) is 29.0 Å². The van der Waals surface area contributed by atoms with Crippen LogP contribution < -0.4 is 5.32 Å². The summed E-state index contributed by atoms with van der Waals surface area (Å²) in [7, 11) is 0. The maximum absolute atomic E-state index is 12.2. The number of esters is 1. The first kappa shape index (κ1) is 16.9. The maximum atomic E-state index is 12.2. The Labute approximate surface area is 139 Å². The van der Waals surface area contributed by atoms with Crippen LogP contribution in [0.2, 0.25) is 0 Å². The number of nitrogens with zero attached hydrogens (tertiary/aromatic N) is 1. The number of ether oxygens (including phenoxy) is 1. The molecule has 1 aliphatic carbocycles. The van der Waals surface area contributed by atoms with E-state index in [2.05, 4.69) is 33.2 Å². The maximum Gasteiger partial charge on any atom is 0.340 e. The molecule has 1 heterocycles. The fourth-order valence-electron chi connectivity index (χ4n) is 2.64. The van der Waals surface area contributed by atoms with E-state index in [1.54, 1.807) is 19.2 Å². The minimum absolute atomic E-state index is 0.176. The van der Waals surface area contributed by atoms with E-state index in [9.17, 15) is 9.59 Å². The average Bonchev–Trinajstić information content (AvgIpc) is 2.49. The number of halogens is 1. The predicted octanol–water partition coefficient (Wildman–Crippen LogP) is 3.08. The molecule has 1 amide bonds. The van der Waals surface area contributed by atoms with Gasteiger partial charge in [-0.05, 0) is 47.7 Å². The number of hydrogen-bond acceptors (Lipinski definition) is 4. The topological polar surface area (TPSA) is 68.3 Å². The molecule has 0 saturated heterocycles. The molecule has 1 aliphatic rings. The van der Waals surface area contributed by atoms with E-state index in [-0.39, 0.29) is 11.9 Å². The van der Waals surface area contributed by atoms with Gasteiger partial charge in [0.2, 0.25) is 0 Å². The van der Waals surface area contributed by atoms with Gasteiger partial charge in [-0.1, -0.05) is 19.8 Å². The van der Waals surface area contributed by atoms with Crippen LogP contribution >= 0.6 is 15.9 Å². The van der Waals surface area contributed by atoms with E-state index in [0.717, 1.165) is 19.3 Å². The normalized spacial score (nSPS) is 22.7. The van der Waals surface area contributed by atoms with Gasteiger partial charge in [0.15, 0.2) is 6.10 Å². The smallest absolute Gasteiger partial charge is 0.340 e. The molecule has 1 N–H and O–H groups in total. The molecule has 1 saturated carbocycles. The summed E-state index contributed by atoms with van der Waals surface area (Å²) in [5, 5.41) is 3.00. The van der Waals surface area contributed by atoms with Crippen LogP contribution in [-0.2, 0) is 9.53 Å². The molecule has 22 heavy (non-hydrogen) atoms. The van der Waals surface area contributed by atoms with Gasteiger partial charge in [-0.3, -0.25) is 9.78 Å². The van der Waals surface area contributed by atoms with Crippen molar-refractivity contribution in [2.75, 3.05) is 0 Å². The summed E-state index contributed by atoms with van der Waals surface area (Å²) in [6.45, 7) is 3.74. The monoisotopic (exact) mass is 368 g/mol. The first-order chi connectivity index (χ1) is 10.5. The highest BCUT2D eigenvalue weighted by atomic mass is 79.9.